The second-order valence-corrected chi connectivity index (χ2v) is 7.00. The Morgan fingerprint density at radius 3 is 2.58 bits per heavy atom. The number of nitrogens with one attached hydrogen (secondary N) is 1. The van der Waals surface area contributed by atoms with Crippen molar-refractivity contribution >= 4 is 23.4 Å². The summed E-state index contributed by atoms with van der Waals surface area (Å²) in [4.78, 5) is 28.9. The zero-order valence-corrected chi connectivity index (χ0v) is 15.3. The summed E-state index contributed by atoms with van der Waals surface area (Å²) in [5.74, 6) is -0.0681. The quantitative estimate of drug-likeness (QED) is 0.644. The van der Waals surface area contributed by atoms with Crippen molar-refractivity contribution in [1.29, 1.82) is 0 Å². The van der Waals surface area contributed by atoms with Gasteiger partial charge < -0.3 is 5.32 Å². The minimum absolute atomic E-state index is 0.0681. The Morgan fingerprint density at radius 1 is 1.29 bits per heavy atom. The van der Waals surface area contributed by atoms with Crippen LogP contribution >= 0.6 is 11.8 Å². The van der Waals surface area contributed by atoms with Crippen LogP contribution in [0.4, 0.5) is 5.69 Å². The van der Waals surface area contributed by atoms with Gasteiger partial charge in [-0.3, -0.25) is 14.2 Å². The number of carbonyl (C=O) groups is 1. The Kier molecular flexibility index (Phi) is 6.20. The van der Waals surface area contributed by atoms with Crippen molar-refractivity contribution in [2.45, 2.75) is 44.0 Å². The number of carbonyl (C=O) groups excluding carboxylic acids is 1. The van der Waals surface area contributed by atoms with E-state index in [-0.39, 0.29) is 16.7 Å². The topological polar surface area (TPSA) is 64.0 Å². The van der Waals surface area contributed by atoms with Crippen molar-refractivity contribution in [3.05, 3.63) is 51.9 Å². The Morgan fingerprint density at radius 2 is 1.96 bits per heavy atom. The number of anilines is 1. The number of aromatic nitrogens is 2. The van der Waals surface area contributed by atoms with E-state index in [0.717, 1.165) is 17.7 Å². The number of amides is 1. The van der Waals surface area contributed by atoms with Gasteiger partial charge in [0.05, 0.1) is 5.25 Å². The van der Waals surface area contributed by atoms with Crippen LogP contribution in [0.15, 0.2) is 40.3 Å². The van der Waals surface area contributed by atoms with Crippen LogP contribution in [-0.4, -0.2) is 20.7 Å². The molecule has 1 aromatic carbocycles. The summed E-state index contributed by atoms with van der Waals surface area (Å²) in [6.45, 7) is 5.83. The van der Waals surface area contributed by atoms with Gasteiger partial charge in [-0.15, -0.1) is 0 Å². The molecule has 0 radical (unpaired) electrons. The second kappa shape index (κ2) is 8.15. The predicted octanol–water partition coefficient (Wildman–Crippen LogP) is 3.30. The van der Waals surface area contributed by atoms with Crippen molar-refractivity contribution in [2.24, 2.45) is 7.05 Å². The highest BCUT2D eigenvalue weighted by atomic mass is 32.2. The average Bonchev–Trinajstić information content (AvgIpc) is 2.53. The number of rotatable bonds is 6. The Bertz CT molecular complexity index is 769. The standard InChI is InChI=1S/C18H23N3O2S/c1-5-6-15(17(23)20-14-9-7-12(2)8-10-14)24-18-19-13(3)11-16(22)21(18)4/h7-11,15H,5-6H2,1-4H3,(H,20,23). The van der Waals surface area contributed by atoms with E-state index in [1.165, 1.54) is 22.4 Å². The fourth-order valence-corrected chi connectivity index (χ4v) is 3.44. The molecule has 0 saturated carbocycles. The van der Waals surface area contributed by atoms with Crippen LogP contribution < -0.4 is 10.9 Å². The Balaban J connectivity index is 2.18. The fourth-order valence-electron chi connectivity index (χ4n) is 2.23. The molecule has 1 N–H and O–H groups in total. The molecule has 0 bridgehead atoms. The first-order valence-electron chi connectivity index (χ1n) is 7.99. The van der Waals surface area contributed by atoms with Crippen LogP contribution in [0.3, 0.4) is 0 Å². The van der Waals surface area contributed by atoms with Crippen LogP contribution in [0, 0.1) is 13.8 Å². The van der Waals surface area contributed by atoms with Gasteiger partial charge >= 0.3 is 0 Å². The molecule has 24 heavy (non-hydrogen) atoms. The summed E-state index contributed by atoms with van der Waals surface area (Å²) in [7, 11) is 1.68. The van der Waals surface area contributed by atoms with Crippen molar-refractivity contribution < 1.29 is 4.79 Å². The molecule has 6 heteroatoms. The van der Waals surface area contributed by atoms with E-state index in [0.29, 0.717) is 17.3 Å². The SMILES string of the molecule is CCCC(Sc1nc(C)cc(=O)n1C)C(=O)Nc1ccc(C)cc1. The van der Waals surface area contributed by atoms with E-state index < -0.39 is 0 Å². The summed E-state index contributed by atoms with van der Waals surface area (Å²) < 4.78 is 1.49. The molecule has 1 heterocycles. The molecular formula is C18H23N3O2S. The highest BCUT2D eigenvalue weighted by Crippen LogP contribution is 2.25. The molecule has 5 nitrogen and oxygen atoms in total. The molecule has 1 amide bonds. The summed E-state index contributed by atoms with van der Waals surface area (Å²) in [6, 6.07) is 9.20. The van der Waals surface area contributed by atoms with E-state index in [2.05, 4.69) is 10.3 Å². The molecule has 1 atom stereocenters. The smallest absolute Gasteiger partial charge is 0.254 e. The molecule has 0 fully saturated rings. The van der Waals surface area contributed by atoms with Gasteiger partial charge in [0.15, 0.2) is 5.16 Å². The van der Waals surface area contributed by atoms with E-state index in [4.69, 9.17) is 0 Å². The highest BCUT2D eigenvalue weighted by molar-refractivity contribution is 8.00. The predicted molar refractivity (Wildman–Crippen MR) is 98.6 cm³/mol. The zero-order chi connectivity index (χ0) is 17.7. The van der Waals surface area contributed by atoms with Crippen molar-refractivity contribution in [3.8, 4) is 0 Å². The van der Waals surface area contributed by atoms with Crippen molar-refractivity contribution in [2.75, 3.05) is 5.32 Å². The van der Waals surface area contributed by atoms with Gasteiger partial charge in [-0.05, 0) is 32.4 Å². The van der Waals surface area contributed by atoms with Crippen LogP contribution in [-0.2, 0) is 11.8 Å². The van der Waals surface area contributed by atoms with Crippen molar-refractivity contribution in [1.82, 2.24) is 9.55 Å². The van der Waals surface area contributed by atoms with Gasteiger partial charge in [0.1, 0.15) is 0 Å². The van der Waals surface area contributed by atoms with Gasteiger partial charge in [0, 0.05) is 24.5 Å². The van der Waals surface area contributed by atoms with E-state index >= 15 is 0 Å². The molecule has 0 spiro atoms. The zero-order valence-electron chi connectivity index (χ0n) is 14.5. The Hall–Kier alpha value is -2.08. The highest BCUT2D eigenvalue weighted by Gasteiger charge is 2.21. The van der Waals surface area contributed by atoms with E-state index in [1.807, 2.05) is 38.1 Å². The third-order valence-electron chi connectivity index (χ3n) is 3.63. The lowest BCUT2D eigenvalue weighted by molar-refractivity contribution is -0.115. The van der Waals surface area contributed by atoms with E-state index in [9.17, 15) is 9.59 Å². The summed E-state index contributed by atoms with van der Waals surface area (Å²) >= 11 is 1.34. The maximum absolute atomic E-state index is 12.6. The molecule has 128 valence electrons. The number of thioether (sulfide) groups is 1. The third-order valence-corrected chi connectivity index (χ3v) is 4.94. The molecule has 2 rings (SSSR count). The first-order chi connectivity index (χ1) is 11.4. The van der Waals surface area contributed by atoms with Gasteiger partial charge in [0.25, 0.3) is 5.56 Å². The van der Waals surface area contributed by atoms with Gasteiger partial charge in [0.2, 0.25) is 5.91 Å². The van der Waals surface area contributed by atoms with Crippen LogP contribution in [0.25, 0.3) is 0 Å². The average molecular weight is 345 g/mol. The number of hydrogen-bond donors (Lipinski definition) is 1. The summed E-state index contributed by atoms with van der Waals surface area (Å²) in [5.41, 5.74) is 2.47. The maximum atomic E-state index is 12.6. The molecule has 2 aromatic rings. The minimum atomic E-state index is -0.295. The molecule has 0 aliphatic rings. The van der Waals surface area contributed by atoms with Crippen LogP contribution in [0.1, 0.15) is 31.0 Å². The largest absolute Gasteiger partial charge is 0.325 e. The van der Waals surface area contributed by atoms with Crippen LogP contribution in [0.5, 0.6) is 0 Å². The number of nitrogens with zero attached hydrogens (tertiary/aromatic N) is 2. The first-order valence-corrected chi connectivity index (χ1v) is 8.87. The Labute approximate surface area is 146 Å². The molecule has 0 aliphatic carbocycles. The lowest BCUT2D eigenvalue weighted by atomic mass is 10.2. The second-order valence-electron chi connectivity index (χ2n) is 5.83. The first kappa shape index (κ1) is 18.3. The lowest BCUT2D eigenvalue weighted by Crippen LogP contribution is -2.27. The summed E-state index contributed by atoms with van der Waals surface area (Å²) in [5, 5.41) is 3.22. The fraction of sp³-hybridized carbons (Fsp3) is 0.389. The van der Waals surface area contributed by atoms with Crippen molar-refractivity contribution in [3.63, 3.8) is 0 Å². The van der Waals surface area contributed by atoms with Gasteiger partial charge in [-0.1, -0.05) is 42.8 Å². The lowest BCUT2D eigenvalue weighted by Gasteiger charge is -2.17. The molecule has 1 unspecified atom stereocenters. The molecule has 0 saturated heterocycles. The number of hydrogen-bond acceptors (Lipinski definition) is 4. The van der Waals surface area contributed by atoms with Gasteiger partial charge in [-0.25, -0.2) is 4.98 Å². The normalized spacial score (nSPS) is 12.0. The maximum Gasteiger partial charge on any atom is 0.254 e. The van der Waals surface area contributed by atoms with E-state index in [1.54, 1.807) is 14.0 Å². The molecular weight excluding hydrogens is 322 g/mol. The molecule has 0 aliphatic heterocycles. The van der Waals surface area contributed by atoms with Gasteiger partial charge in [-0.2, -0.15) is 0 Å². The third kappa shape index (κ3) is 4.71. The monoisotopic (exact) mass is 345 g/mol. The number of benzene rings is 1. The number of aryl methyl sites for hydroxylation is 2. The minimum Gasteiger partial charge on any atom is -0.325 e. The molecule has 1 aromatic heterocycles. The van der Waals surface area contributed by atoms with Crippen LogP contribution in [0.2, 0.25) is 0 Å². The summed E-state index contributed by atoms with van der Waals surface area (Å²) in [6.07, 6.45) is 1.59.